The maximum absolute atomic E-state index is 12.3. The van der Waals surface area contributed by atoms with Gasteiger partial charge >= 0.3 is 0 Å². The first-order valence-electron chi connectivity index (χ1n) is 6.64. The number of aromatic nitrogens is 2. The van der Waals surface area contributed by atoms with Gasteiger partial charge in [-0.15, -0.1) is 0 Å². The minimum atomic E-state index is -3.61. The van der Waals surface area contributed by atoms with E-state index in [0.29, 0.717) is 5.69 Å². The lowest BCUT2D eigenvalue weighted by Crippen LogP contribution is -2.23. The van der Waals surface area contributed by atoms with Gasteiger partial charge in [-0.2, -0.15) is 0 Å². The molecule has 0 spiro atoms. The van der Waals surface area contributed by atoms with Gasteiger partial charge in [0.2, 0.25) is 10.0 Å². The quantitative estimate of drug-likeness (QED) is 0.845. The second-order valence-corrected chi connectivity index (χ2v) is 6.78. The zero-order valence-corrected chi connectivity index (χ0v) is 12.8. The summed E-state index contributed by atoms with van der Waals surface area (Å²) in [5.74, 6) is 0. The molecular weight excluding hydrogens is 290 g/mol. The van der Waals surface area contributed by atoms with Gasteiger partial charge in [-0.25, -0.2) is 13.1 Å². The molecule has 6 nitrogen and oxygen atoms in total. The summed E-state index contributed by atoms with van der Waals surface area (Å²) in [5.41, 5.74) is 1.36. The Bertz CT molecular complexity index is 694. The lowest BCUT2D eigenvalue weighted by atomic mass is 10.3. The molecule has 7 heteroatoms. The van der Waals surface area contributed by atoms with Crippen LogP contribution in [-0.4, -0.2) is 23.1 Å². The first-order chi connectivity index (χ1) is 9.94. The third-order valence-electron chi connectivity index (χ3n) is 3.12. The largest absolute Gasteiger partial charge is 0.390 e. The highest BCUT2D eigenvalue weighted by atomic mass is 32.2. The van der Waals surface area contributed by atoms with Gasteiger partial charge in [-0.05, 0) is 31.5 Å². The van der Waals surface area contributed by atoms with Crippen molar-refractivity contribution in [2.75, 3.05) is 0 Å². The molecule has 0 aliphatic heterocycles. The molecule has 0 saturated carbocycles. The number of sulfonamides is 1. The van der Waals surface area contributed by atoms with E-state index in [1.807, 2.05) is 13.8 Å². The fourth-order valence-corrected chi connectivity index (χ4v) is 3.08. The van der Waals surface area contributed by atoms with E-state index in [1.165, 1.54) is 6.07 Å². The molecule has 0 aliphatic rings. The Morgan fingerprint density at radius 1 is 1.43 bits per heavy atom. The van der Waals surface area contributed by atoms with Crippen LogP contribution in [0.15, 0.2) is 41.7 Å². The summed E-state index contributed by atoms with van der Waals surface area (Å²) in [4.78, 5) is 4.10. The minimum Gasteiger partial charge on any atom is -0.390 e. The maximum atomic E-state index is 12.3. The third kappa shape index (κ3) is 3.69. The summed E-state index contributed by atoms with van der Waals surface area (Å²) >= 11 is 0. The molecule has 0 saturated heterocycles. The van der Waals surface area contributed by atoms with Gasteiger partial charge in [0.05, 0.1) is 11.5 Å². The second kappa shape index (κ2) is 6.38. The van der Waals surface area contributed by atoms with Crippen LogP contribution < -0.4 is 4.72 Å². The van der Waals surface area contributed by atoms with Crippen LogP contribution in [0, 0.1) is 0 Å². The molecule has 0 aliphatic carbocycles. The molecule has 2 aromatic heterocycles. The number of hydrogen-bond acceptors (Lipinski definition) is 4. The number of rotatable bonds is 6. The van der Waals surface area contributed by atoms with Crippen LogP contribution in [0.5, 0.6) is 0 Å². The van der Waals surface area contributed by atoms with Gasteiger partial charge in [0.1, 0.15) is 0 Å². The van der Waals surface area contributed by atoms with Crippen molar-refractivity contribution in [2.24, 2.45) is 0 Å². The Kier molecular flexibility index (Phi) is 4.76. The van der Waals surface area contributed by atoms with Crippen molar-refractivity contribution in [3.05, 3.63) is 48.0 Å². The van der Waals surface area contributed by atoms with Gasteiger partial charge < -0.3 is 9.67 Å². The molecule has 21 heavy (non-hydrogen) atoms. The van der Waals surface area contributed by atoms with Gasteiger partial charge in [0.25, 0.3) is 0 Å². The van der Waals surface area contributed by atoms with Crippen molar-refractivity contribution < 1.29 is 13.5 Å². The number of nitrogens with zero attached hydrogens (tertiary/aromatic N) is 2. The number of aliphatic hydroxyl groups is 1. The van der Waals surface area contributed by atoms with Crippen LogP contribution in [-0.2, 0) is 23.2 Å². The summed E-state index contributed by atoms with van der Waals surface area (Å²) in [6.07, 6.45) is 4.79. The summed E-state index contributed by atoms with van der Waals surface area (Å²) in [7, 11) is -3.61. The molecule has 0 aromatic carbocycles. The fraction of sp³-hybridized carbons (Fsp3) is 0.357. The van der Waals surface area contributed by atoms with E-state index in [2.05, 4.69) is 9.71 Å². The van der Waals surface area contributed by atoms with Crippen molar-refractivity contribution in [1.82, 2.24) is 14.3 Å². The first kappa shape index (κ1) is 15.7. The number of nitrogens with one attached hydrogen (secondary N) is 1. The lowest BCUT2D eigenvalue weighted by Gasteiger charge is -2.10. The molecule has 0 bridgehead atoms. The molecule has 0 unspecified atom stereocenters. The van der Waals surface area contributed by atoms with Crippen LogP contribution in [0.1, 0.15) is 31.1 Å². The lowest BCUT2D eigenvalue weighted by molar-refractivity contribution is 0.268. The van der Waals surface area contributed by atoms with Crippen molar-refractivity contribution in [2.45, 2.75) is 37.9 Å². The second-order valence-electron chi connectivity index (χ2n) is 5.01. The molecule has 0 atom stereocenters. The monoisotopic (exact) mass is 309 g/mol. The zero-order valence-electron chi connectivity index (χ0n) is 12.0. The summed E-state index contributed by atoms with van der Waals surface area (Å²) < 4.78 is 28.8. The van der Waals surface area contributed by atoms with Crippen LogP contribution in [0.25, 0.3) is 0 Å². The highest BCUT2D eigenvalue weighted by Crippen LogP contribution is 2.19. The molecule has 2 N–H and O–H groups in total. The minimum absolute atomic E-state index is 0.0782. The van der Waals surface area contributed by atoms with E-state index in [9.17, 15) is 13.5 Å². The third-order valence-corrected chi connectivity index (χ3v) is 4.49. The van der Waals surface area contributed by atoms with E-state index in [0.717, 1.165) is 5.56 Å². The van der Waals surface area contributed by atoms with Crippen LogP contribution in [0.4, 0.5) is 0 Å². The van der Waals surface area contributed by atoms with E-state index in [1.54, 1.807) is 35.3 Å². The van der Waals surface area contributed by atoms with Gasteiger partial charge in [0.15, 0.2) is 0 Å². The molecule has 2 rings (SSSR count). The van der Waals surface area contributed by atoms with E-state index < -0.39 is 10.0 Å². The first-order valence-corrected chi connectivity index (χ1v) is 8.12. The van der Waals surface area contributed by atoms with E-state index in [-0.39, 0.29) is 24.1 Å². The standard InChI is InChI=1S/C14H19N3O3S/c1-11(2)17-9-14(6-13(17)10-18)21(19,20)16-8-12-4-3-5-15-7-12/h3-7,9,11,16,18H,8,10H2,1-2H3. The molecular formula is C14H19N3O3S. The summed E-state index contributed by atoms with van der Waals surface area (Å²) in [6, 6.07) is 5.12. The van der Waals surface area contributed by atoms with Gasteiger partial charge in [-0.1, -0.05) is 6.07 Å². The van der Waals surface area contributed by atoms with Gasteiger partial charge in [-0.3, -0.25) is 4.98 Å². The summed E-state index contributed by atoms with van der Waals surface area (Å²) in [6.45, 7) is 3.84. The molecule has 0 fully saturated rings. The van der Waals surface area contributed by atoms with Crippen LogP contribution in [0.3, 0.4) is 0 Å². The zero-order chi connectivity index (χ0) is 15.5. The molecule has 2 heterocycles. The van der Waals surface area contributed by atoms with Crippen molar-refractivity contribution >= 4 is 10.0 Å². The molecule has 0 amide bonds. The average Bonchev–Trinajstić information content (AvgIpc) is 2.92. The fourth-order valence-electron chi connectivity index (χ4n) is 2.02. The van der Waals surface area contributed by atoms with Crippen molar-refractivity contribution in [3.8, 4) is 0 Å². The number of hydrogen-bond donors (Lipinski definition) is 2. The van der Waals surface area contributed by atoms with E-state index in [4.69, 9.17) is 0 Å². The predicted octanol–water partition coefficient (Wildman–Crippen LogP) is 1.43. The topological polar surface area (TPSA) is 84.2 Å². The Morgan fingerprint density at radius 3 is 2.71 bits per heavy atom. The maximum Gasteiger partial charge on any atom is 0.242 e. The predicted molar refractivity (Wildman–Crippen MR) is 79.0 cm³/mol. The van der Waals surface area contributed by atoms with Crippen LogP contribution >= 0.6 is 0 Å². The molecule has 114 valence electrons. The average molecular weight is 309 g/mol. The Balaban J connectivity index is 2.20. The Hall–Kier alpha value is -1.70. The highest BCUT2D eigenvalue weighted by molar-refractivity contribution is 7.89. The van der Waals surface area contributed by atoms with Crippen molar-refractivity contribution in [3.63, 3.8) is 0 Å². The smallest absolute Gasteiger partial charge is 0.242 e. The van der Waals surface area contributed by atoms with Crippen molar-refractivity contribution in [1.29, 1.82) is 0 Å². The Labute approximate surface area is 124 Å². The van der Waals surface area contributed by atoms with Crippen LogP contribution in [0.2, 0.25) is 0 Å². The van der Waals surface area contributed by atoms with Gasteiger partial charge in [0, 0.05) is 36.9 Å². The summed E-state index contributed by atoms with van der Waals surface area (Å²) in [5, 5.41) is 9.31. The number of pyridine rings is 1. The molecule has 2 aromatic rings. The molecule has 0 radical (unpaired) electrons. The van der Waals surface area contributed by atoms with E-state index >= 15 is 0 Å². The Morgan fingerprint density at radius 2 is 2.19 bits per heavy atom. The highest BCUT2D eigenvalue weighted by Gasteiger charge is 2.19. The SMILES string of the molecule is CC(C)n1cc(S(=O)(=O)NCc2cccnc2)cc1CO. The normalized spacial score (nSPS) is 12.0. The number of aliphatic hydroxyl groups excluding tert-OH is 1.